The zero-order valence-corrected chi connectivity index (χ0v) is 9.74. The molecule has 0 atom stereocenters. The Morgan fingerprint density at radius 3 is 2.50 bits per heavy atom. The number of likely N-dealkylation sites (tertiary alicyclic amines) is 1. The molecule has 0 spiro atoms. The third kappa shape index (κ3) is 4.61. The van der Waals surface area contributed by atoms with Gasteiger partial charge in [0.05, 0.1) is 6.54 Å². The smallest absolute Gasteiger partial charge is 0.303 e. The zero-order chi connectivity index (χ0) is 12.0. The molecule has 1 aliphatic heterocycles. The third-order valence-electron chi connectivity index (χ3n) is 2.91. The highest BCUT2D eigenvalue weighted by Crippen LogP contribution is 2.19. The summed E-state index contributed by atoms with van der Waals surface area (Å²) in [6.07, 6.45) is 2.02. The lowest BCUT2D eigenvalue weighted by Crippen LogP contribution is -2.41. The summed E-state index contributed by atoms with van der Waals surface area (Å²) in [5.41, 5.74) is 0. The number of amides is 1. The second-order valence-electron chi connectivity index (χ2n) is 4.27. The number of hydrogen-bond acceptors (Lipinski definition) is 3. The molecule has 0 saturated carbocycles. The molecule has 0 aromatic rings. The lowest BCUT2D eigenvalue weighted by molar-refractivity contribution is -0.138. The summed E-state index contributed by atoms with van der Waals surface area (Å²) in [6, 6.07) is 0. The fraction of sp³-hybridized carbons (Fsp3) is 0.818. The van der Waals surface area contributed by atoms with Crippen molar-refractivity contribution in [3.8, 4) is 0 Å². The minimum absolute atomic E-state index is 0.0548. The predicted molar refractivity (Wildman–Crippen MR) is 60.1 cm³/mol. The number of carboxylic acids is 1. The predicted octanol–water partition coefficient (Wildman–Crippen LogP) is 0.309. The Morgan fingerprint density at radius 1 is 1.38 bits per heavy atom. The van der Waals surface area contributed by atoms with Gasteiger partial charge >= 0.3 is 5.97 Å². The number of piperidine rings is 1. The lowest BCUT2D eigenvalue weighted by Gasteiger charge is -2.30. The number of nitrogens with zero attached hydrogens (tertiary/aromatic N) is 1. The van der Waals surface area contributed by atoms with Gasteiger partial charge in [-0.25, -0.2) is 0 Å². The molecule has 0 aromatic carbocycles. The van der Waals surface area contributed by atoms with Gasteiger partial charge in [0.15, 0.2) is 0 Å². The molecular weight excluding hydrogens is 208 g/mol. The Morgan fingerprint density at radius 2 is 2.00 bits per heavy atom. The molecule has 0 radical (unpaired) electrons. The van der Waals surface area contributed by atoms with Crippen LogP contribution in [0.15, 0.2) is 0 Å². The molecule has 16 heavy (non-hydrogen) atoms. The van der Waals surface area contributed by atoms with E-state index in [1.807, 2.05) is 6.92 Å². The van der Waals surface area contributed by atoms with Gasteiger partial charge in [-0.2, -0.15) is 0 Å². The molecular formula is C11H20N2O3. The number of hydrogen-bond donors (Lipinski definition) is 2. The minimum atomic E-state index is -0.720. The lowest BCUT2D eigenvalue weighted by atomic mass is 9.94. The van der Waals surface area contributed by atoms with E-state index in [9.17, 15) is 9.59 Å². The van der Waals surface area contributed by atoms with Crippen LogP contribution in [0.1, 0.15) is 26.2 Å². The zero-order valence-electron chi connectivity index (χ0n) is 9.74. The van der Waals surface area contributed by atoms with Gasteiger partial charge in [-0.3, -0.25) is 14.5 Å². The van der Waals surface area contributed by atoms with Crippen molar-refractivity contribution >= 4 is 11.9 Å². The number of carbonyl (C=O) groups is 2. The topological polar surface area (TPSA) is 69.6 Å². The van der Waals surface area contributed by atoms with Gasteiger partial charge in [-0.1, -0.05) is 0 Å². The van der Waals surface area contributed by atoms with Crippen LogP contribution in [0.25, 0.3) is 0 Å². The van der Waals surface area contributed by atoms with Crippen LogP contribution in [0, 0.1) is 5.92 Å². The van der Waals surface area contributed by atoms with E-state index < -0.39 is 5.97 Å². The quantitative estimate of drug-likeness (QED) is 0.710. The molecule has 0 unspecified atom stereocenters. The standard InChI is InChI=1S/C11H20N2O3/c1-2-12-10(14)8-13-5-3-9(4-6-13)7-11(15)16/h9H,2-8H2,1H3,(H,12,14)(H,15,16). The summed E-state index contributed by atoms with van der Waals surface area (Å²) in [6.45, 7) is 4.66. The van der Waals surface area contributed by atoms with Gasteiger partial charge in [0, 0.05) is 13.0 Å². The number of aliphatic carboxylic acids is 1. The van der Waals surface area contributed by atoms with Crippen molar-refractivity contribution < 1.29 is 14.7 Å². The molecule has 0 bridgehead atoms. The summed E-state index contributed by atoms with van der Waals surface area (Å²) in [5.74, 6) is -0.385. The van der Waals surface area contributed by atoms with E-state index in [2.05, 4.69) is 10.2 Å². The fourth-order valence-corrected chi connectivity index (χ4v) is 2.05. The average molecular weight is 228 g/mol. The minimum Gasteiger partial charge on any atom is -0.481 e. The van der Waals surface area contributed by atoms with E-state index in [0.29, 0.717) is 13.1 Å². The fourth-order valence-electron chi connectivity index (χ4n) is 2.05. The van der Waals surface area contributed by atoms with Gasteiger partial charge in [0.2, 0.25) is 5.91 Å². The van der Waals surface area contributed by atoms with Gasteiger partial charge < -0.3 is 10.4 Å². The van der Waals surface area contributed by atoms with E-state index in [1.54, 1.807) is 0 Å². The number of rotatable bonds is 5. The van der Waals surface area contributed by atoms with Crippen molar-refractivity contribution in [2.75, 3.05) is 26.2 Å². The van der Waals surface area contributed by atoms with Gasteiger partial charge in [-0.15, -0.1) is 0 Å². The Labute approximate surface area is 95.8 Å². The highest BCUT2D eigenvalue weighted by atomic mass is 16.4. The molecule has 1 saturated heterocycles. The summed E-state index contributed by atoms with van der Waals surface area (Å²) in [4.78, 5) is 23.9. The molecule has 1 fully saturated rings. The van der Waals surface area contributed by atoms with Crippen LogP contribution in [-0.2, 0) is 9.59 Å². The molecule has 2 N–H and O–H groups in total. The van der Waals surface area contributed by atoms with Crippen molar-refractivity contribution in [2.24, 2.45) is 5.92 Å². The average Bonchev–Trinajstić information content (AvgIpc) is 2.20. The summed E-state index contributed by atoms with van der Waals surface area (Å²) >= 11 is 0. The van der Waals surface area contributed by atoms with Crippen LogP contribution < -0.4 is 5.32 Å². The number of carboxylic acid groups (broad SMARTS) is 1. The van der Waals surface area contributed by atoms with Gasteiger partial charge in [-0.05, 0) is 38.8 Å². The first kappa shape index (κ1) is 13.0. The largest absolute Gasteiger partial charge is 0.481 e. The van der Waals surface area contributed by atoms with Crippen LogP contribution in [0.4, 0.5) is 0 Å². The molecule has 92 valence electrons. The first-order chi connectivity index (χ1) is 7.61. The van der Waals surface area contributed by atoms with Crippen molar-refractivity contribution in [1.29, 1.82) is 0 Å². The van der Waals surface area contributed by atoms with Crippen molar-refractivity contribution in [2.45, 2.75) is 26.2 Å². The molecule has 1 rings (SSSR count). The maximum atomic E-state index is 11.3. The van der Waals surface area contributed by atoms with E-state index in [-0.39, 0.29) is 18.2 Å². The molecule has 1 amide bonds. The van der Waals surface area contributed by atoms with E-state index >= 15 is 0 Å². The van der Waals surface area contributed by atoms with Crippen LogP contribution in [-0.4, -0.2) is 48.1 Å². The van der Waals surface area contributed by atoms with Gasteiger partial charge in [0.1, 0.15) is 0 Å². The maximum Gasteiger partial charge on any atom is 0.303 e. The normalized spacial score (nSPS) is 18.3. The second kappa shape index (κ2) is 6.48. The molecule has 1 aliphatic rings. The highest BCUT2D eigenvalue weighted by Gasteiger charge is 2.22. The van der Waals surface area contributed by atoms with Crippen molar-refractivity contribution in [3.63, 3.8) is 0 Å². The Kier molecular flexibility index (Phi) is 5.25. The molecule has 0 aromatic heterocycles. The number of carbonyl (C=O) groups excluding carboxylic acids is 1. The second-order valence-corrected chi connectivity index (χ2v) is 4.27. The molecule has 5 heteroatoms. The molecule has 5 nitrogen and oxygen atoms in total. The van der Waals surface area contributed by atoms with Gasteiger partial charge in [0.25, 0.3) is 0 Å². The first-order valence-electron chi connectivity index (χ1n) is 5.82. The van der Waals surface area contributed by atoms with E-state index in [0.717, 1.165) is 25.9 Å². The van der Waals surface area contributed by atoms with Crippen molar-refractivity contribution in [3.05, 3.63) is 0 Å². The Bertz CT molecular complexity index is 248. The molecule has 0 aliphatic carbocycles. The highest BCUT2D eigenvalue weighted by molar-refractivity contribution is 5.77. The number of likely N-dealkylation sites (N-methyl/N-ethyl adjacent to an activating group) is 1. The summed E-state index contributed by atoms with van der Waals surface area (Å²) in [5, 5.41) is 11.4. The van der Waals surface area contributed by atoms with Crippen LogP contribution in [0.2, 0.25) is 0 Å². The van der Waals surface area contributed by atoms with Crippen LogP contribution in [0.5, 0.6) is 0 Å². The third-order valence-corrected chi connectivity index (χ3v) is 2.91. The molecule has 1 heterocycles. The first-order valence-corrected chi connectivity index (χ1v) is 5.82. The number of nitrogens with one attached hydrogen (secondary N) is 1. The van der Waals surface area contributed by atoms with Crippen LogP contribution >= 0.6 is 0 Å². The Balaban J connectivity index is 2.21. The maximum absolute atomic E-state index is 11.3. The van der Waals surface area contributed by atoms with E-state index in [1.165, 1.54) is 0 Å². The van der Waals surface area contributed by atoms with Crippen LogP contribution in [0.3, 0.4) is 0 Å². The Hall–Kier alpha value is -1.10. The summed E-state index contributed by atoms with van der Waals surface area (Å²) < 4.78 is 0. The SMILES string of the molecule is CCNC(=O)CN1CCC(CC(=O)O)CC1. The van der Waals surface area contributed by atoms with Crippen molar-refractivity contribution in [1.82, 2.24) is 10.2 Å². The monoisotopic (exact) mass is 228 g/mol. The van der Waals surface area contributed by atoms with E-state index in [4.69, 9.17) is 5.11 Å². The summed E-state index contributed by atoms with van der Waals surface area (Å²) in [7, 11) is 0.